The highest BCUT2D eigenvalue weighted by atomic mass is 32.2. The van der Waals surface area contributed by atoms with E-state index in [9.17, 15) is 13.2 Å². The molecular formula is C22H29N3O5S. The van der Waals surface area contributed by atoms with Gasteiger partial charge in [0.05, 0.1) is 12.1 Å². The predicted molar refractivity (Wildman–Crippen MR) is 119 cm³/mol. The summed E-state index contributed by atoms with van der Waals surface area (Å²) in [6, 6.07) is 8.29. The molecule has 0 aliphatic carbocycles. The van der Waals surface area contributed by atoms with Crippen molar-refractivity contribution in [3.8, 4) is 11.6 Å². The molecule has 8 nitrogen and oxygen atoms in total. The average Bonchev–Trinajstić information content (AvgIpc) is 2.69. The SMILES string of the molecule is CO[C@H](C)C(/C=C/S(C)(=O)=O)NC(=O)c1cnc(C(C)(C)C)nc1Oc1ccccc1. The third-order valence-corrected chi connectivity index (χ3v) is 4.99. The third-order valence-electron chi connectivity index (χ3n) is 4.34. The molecule has 2 rings (SSSR count). The molecule has 0 saturated carbocycles. The molecule has 1 aromatic carbocycles. The molecule has 1 unspecified atom stereocenters. The van der Waals surface area contributed by atoms with E-state index in [1.807, 2.05) is 39.0 Å². The Morgan fingerprint density at radius 3 is 2.39 bits per heavy atom. The Kier molecular flexibility index (Phi) is 7.91. The van der Waals surface area contributed by atoms with Gasteiger partial charge in [-0.2, -0.15) is 4.98 Å². The second-order valence-electron chi connectivity index (χ2n) is 8.18. The summed E-state index contributed by atoms with van der Waals surface area (Å²) in [6.45, 7) is 7.60. The third kappa shape index (κ3) is 7.45. The van der Waals surface area contributed by atoms with Gasteiger partial charge in [-0.05, 0) is 25.1 Å². The number of hydrogen-bond donors (Lipinski definition) is 1. The fourth-order valence-electron chi connectivity index (χ4n) is 2.49. The smallest absolute Gasteiger partial charge is 0.258 e. The minimum Gasteiger partial charge on any atom is -0.438 e. The fourth-order valence-corrected chi connectivity index (χ4v) is 2.94. The zero-order valence-corrected chi connectivity index (χ0v) is 19.4. The maximum atomic E-state index is 13.1. The van der Waals surface area contributed by atoms with Gasteiger partial charge < -0.3 is 14.8 Å². The van der Waals surface area contributed by atoms with Crippen LogP contribution in [0, 0.1) is 0 Å². The highest BCUT2D eigenvalue weighted by Crippen LogP contribution is 2.26. The lowest BCUT2D eigenvalue weighted by molar-refractivity contribution is 0.0780. The van der Waals surface area contributed by atoms with E-state index in [0.29, 0.717) is 11.6 Å². The highest BCUT2D eigenvalue weighted by molar-refractivity contribution is 7.93. The van der Waals surface area contributed by atoms with Crippen molar-refractivity contribution in [3.05, 3.63) is 59.4 Å². The van der Waals surface area contributed by atoms with Crippen molar-refractivity contribution >= 4 is 15.7 Å². The standard InChI is InChI=1S/C22H29N3O5S/c1-15(29-5)18(12-13-31(6,27)28)24-19(26)17-14-23-21(22(2,3)4)25-20(17)30-16-10-8-7-9-11-16/h7-15,18H,1-6H3,(H,24,26)/b13-12+/t15-,18?/m1/s1. The molecule has 0 aliphatic rings. The molecule has 1 aromatic heterocycles. The van der Waals surface area contributed by atoms with E-state index in [4.69, 9.17) is 9.47 Å². The van der Waals surface area contributed by atoms with Crippen molar-refractivity contribution in [2.75, 3.05) is 13.4 Å². The van der Waals surface area contributed by atoms with Crippen LogP contribution in [-0.2, 0) is 20.0 Å². The number of ether oxygens (including phenoxy) is 2. The molecule has 2 atom stereocenters. The lowest BCUT2D eigenvalue weighted by Gasteiger charge is -2.22. The predicted octanol–water partition coefficient (Wildman–Crippen LogP) is 3.26. The summed E-state index contributed by atoms with van der Waals surface area (Å²) in [5.74, 6) is 0.639. The van der Waals surface area contributed by atoms with E-state index in [1.54, 1.807) is 19.1 Å². The number of para-hydroxylation sites is 1. The van der Waals surface area contributed by atoms with Gasteiger partial charge in [0.1, 0.15) is 17.1 Å². The Hall–Kier alpha value is -2.78. The summed E-state index contributed by atoms with van der Waals surface area (Å²) >= 11 is 0. The molecule has 1 amide bonds. The van der Waals surface area contributed by atoms with Crippen LogP contribution in [0.3, 0.4) is 0 Å². The van der Waals surface area contributed by atoms with Crippen molar-refractivity contribution in [2.24, 2.45) is 0 Å². The Labute approximate surface area is 183 Å². The number of carbonyl (C=O) groups excluding carboxylic acids is 1. The molecule has 0 aliphatic heterocycles. The molecule has 0 radical (unpaired) electrons. The molecule has 0 fully saturated rings. The number of nitrogens with zero attached hydrogens (tertiary/aromatic N) is 2. The van der Waals surface area contributed by atoms with Crippen LogP contribution in [0.25, 0.3) is 0 Å². The van der Waals surface area contributed by atoms with Crippen LogP contribution in [0.5, 0.6) is 11.6 Å². The summed E-state index contributed by atoms with van der Waals surface area (Å²) < 4.78 is 34.2. The fraction of sp³-hybridized carbons (Fsp3) is 0.409. The lowest BCUT2D eigenvalue weighted by Crippen LogP contribution is -2.42. The minimum atomic E-state index is -3.37. The first-order valence-electron chi connectivity index (χ1n) is 9.73. The minimum absolute atomic E-state index is 0.111. The molecule has 31 heavy (non-hydrogen) atoms. The average molecular weight is 448 g/mol. The molecule has 168 valence electrons. The van der Waals surface area contributed by atoms with Crippen LogP contribution in [0.4, 0.5) is 0 Å². The van der Waals surface area contributed by atoms with E-state index >= 15 is 0 Å². The molecule has 0 bridgehead atoms. The summed E-state index contributed by atoms with van der Waals surface area (Å²) in [6.07, 6.45) is 3.39. The number of benzene rings is 1. The van der Waals surface area contributed by atoms with Crippen molar-refractivity contribution in [1.82, 2.24) is 15.3 Å². The van der Waals surface area contributed by atoms with Gasteiger partial charge in [0.15, 0.2) is 9.84 Å². The molecule has 1 heterocycles. The van der Waals surface area contributed by atoms with E-state index in [-0.39, 0.29) is 16.9 Å². The summed E-state index contributed by atoms with van der Waals surface area (Å²) in [7, 11) is -1.89. The number of rotatable bonds is 8. The normalized spacial score (nSPS) is 14.3. The molecule has 9 heteroatoms. The van der Waals surface area contributed by atoms with E-state index < -0.39 is 27.9 Å². The summed E-state index contributed by atoms with van der Waals surface area (Å²) in [5, 5.41) is 3.80. The topological polar surface area (TPSA) is 107 Å². The van der Waals surface area contributed by atoms with Gasteiger partial charge in [0.2, 0.25) is 5.88 Å². The molecule has 1 N–H and O–H groups in total. The van der Waals surface area contributed by atoms with Crippen LogP contribution in [0.1, 0.15) is 43.9 Å². The number of methoxy groups -OCH3 is 1. The number of sulfone groups is 1. The monoisotopic (exact) mass is 447 g/mol. The van der Waals surface area contributed by atoms with Gasteiger partial charge >= 0.3 is 0 Å². The summed E-state index contributed by atoms with van der Waals surface area (Å²) in [5.41, 5.74) is -0.229. The Balaban J connectivity index is 2.41. The van der Waals surface area contributed by atoms with E-state index in [2.05, 4.69) is 15.3 Å². The largest absolute Gasteiger partial charge is 0.438 e. The maximum absolute atomic E-state index is 13.1. The van der Waals surface area contributed by atoms with Gasteiger partial charge in [0, 0.05) is 30.4 Å². The van der Waals surface area contributed by atoms with Crippen LogP contribution in [0.15, 0.2) is 48.0 Å². The van der Waals surface area contributed by atoms with E-state index in [0.717, 1.165) is 11.7 Å². The van der Waals surface area contributed by atoms with Crippen LogP contribution in [-0.4, -0.2) is 49.8 Å². The van der Waals surface area contributed by atoms with Crippen LogP contribution in [0.2, 0.25) is 0 Å². The highest BCUT2D eigenvalue weighted by Gasteiger charge is 2.25. The maximum Gasteiger partial charge on any atom is 0.258 e. The molecule has 2 aromatic rings. The lowest BCUT2D eigenvalue weighted by atomic mass is 9.95. The number of amides is 1. The molecule has 0 saturated heterocycles. The zero-order chi connectivity index (χ0) is 23.2. The summed E-state index contributed by atoms with van der Waals surface area (Å²) in [4.78, 5) is 21.9. The van der Waals surface area contributed by atoms with Crippen LogP contribution < -0.4 is 10.1 Å². The first-order valence-corrected chi connectivity index (χ1v) is 11.7. The van der Waals surface area contributed by atoms with Gasteiger partial charge in [-0.1, -0.05) is 39.0 Å². The molecular weight excluding hydrogens is 418 g/mol. The second kappa shape index (κ2) is 10.0. The van der Waals surface area contributed by atoms with Crippen molar-refractivity contribution in [3.63, 3.8) is 0 Å². The zero-order valence-electron chi connectivity index (χ0n) is 18.6. The van der Waals surface area contributed by atoms with Crippen molar-refractivity contribution < 1.29 is 22.7 Å². The van der Waals surface area contributed by atoms with Gasteiger partial charge in [-0.25, -0.2) is 13.4 Å². The molecule has 0 spiro atoms. The first kappa shape index (κ1) is 24.5. The van der Waals surface area contributed by atoms with Gasteiger partial charge in [-0.3, -0.25) is 4.79 Å². The number of carbonyl (C=O) groups is 1. The van der Waals surface area contributed by atoms with Crippen molar-refractivity contribution in [1.29, 1.82) is 0 Å². The quantitative estimate of drug-likeness (QED) is 0.662. The van der Waals surface area contributed by atoms with Gasteiger partial charge in [0.25, 0.3) is 5.91 Å². The Morgan fingerprint density at radius 2 is 1.84 bits per heavy atom. The number of hydrogen-bond acceptors (Lipinski definition) is 7. The van der Waals surface area contributed by atoms with E-state index in [1.165, 1.54) is 19.4 Å². The van der Waals surface area contributed by atoms with Crippen LogP contribution >= 0.6 is 0 Å². The van der Waals surface area contributed by atoms with Crippen molar-refractivity contribution in [2.45, 2.75) is 45.3 Å². The number of nitrogens with one attached hydrogen (secondary N) is 1. The Morgan fingerprint density at radius 1 is 1.19 bits per heavy atom. The second-order valence-corrected chi connectivity index (χ2v) is 10.1. The number of aromatic nitrogens is 2. The van der Waals surface area contributed by atoms with Gasteiger partial charge in [-0.15, -0.1) is 0 Å². The Bertz CT molecular complexity index is 1030. The first-order chi connectivity index (χ1) is 14.4.